The van der Waals surface area contributed by atoms with E-state index < -0.39 is 0 Å². The Kier molecular flexibility index (Phi) is 1.69. The molecule has 2 N–H and O–H groups in total. The summed E-state index contributed by atoms with van der Waals surface area (Å²) in [5, 5.41) is 0. The molecule has 0 unspecified atom stereocenters. The van der Waals surface area contributed by atoms with Gasteiger partial charge < -0.3 is 10.6 Å². The SMILES string of the molecule is Cc1cc2c(cn1)CN(C(N)=O)C2. The quantitative estimate of drug-likeness (QED) is 0.636. The zero-order chi connectivity index (χ0) is 9.42. The van der Waals surface area contributed by atoms with Gasteiger partial charge in [0.15, 0.2) is 0 Å². The van der Waals surface area contributed by atoms with Crippen LogP contribution in [0, 0.1) is 6.92 Å². The molecule has 0 spiro atoms. The third kappa shape index (κ3) is 1.35. The number of aryl methyl sites for hydroxylation is 1. The first kappa shape index (κ1) is 8.04. The van der Waals surface area contributed by atoms with Gasteiger partial charge in [-0.05, 0) is 24.1 Å². The maximum atomic E-state index is 10.9. The Balaban J connectivity index is 2.30. The normalized spacial score (nSPS) is 14.4. The van der Waals surface area contributed by atoms with Crippen LogP contribution in [0.25, 0.3) is 0 Å². The monoisotopic (exact) mass is 177 g/mol. The van der Waals surface area contributed by atoms with Crippen molar-refractivity contribution in [1.82, 2.24) is 9.88 Å². The summed E-state index contributed by atoms with van der Waals surface area (Å²) in [5.74, 6) is 0. The number of nitrogens with zero attached hydrogens (tertiary/aromatic N) is 2. The van der Waals surface area contributed by atoms with Crippen LogP contribution < -0.4 is 5.73 Å². The van der Waals surface area contributed by atoms with Crippen LogP contribution in [-0.2, 0) is 13.1 Å². The number of carbonyl (C=O) groups excluding carboxylic acids is 1. The van der Waals surface area contributed by atoms with E-state index in [1.807, 2.05) is 19.2 Å². The molecule has 2 heterocycles. The third-order valence-electron chi connectivity index (χ3n) is 2.25. The fraction of sp³-hybridized carbons (Fsp3) is 0.333. The van der Waals surface area contributed by atoms with Crippen LogP contribution in [0.3, 0.4) is 0 Å². The molecular formula is C9H11N3O. The minimum atomic E-state index is -0.367. The molecule has 0 atom stereocenters. The molecule has 1 aromatic heterocycles. The molecule has 68 valence electrons. The van der Waals surface area contributed by atoms with Crippen molar-refractivity contribution < 1.29 is 4.79 Å². The van der Waals surface area contributed by atoms with Gasteiger partial charge in [0, 0.05) is 25.0 Å². The number of urea groups is 1. The predicted octanol–water partition coefficient (Wildman–Crippen LogP) is 0.784. The molecule has 1 aliphatic heterocycles. The lowest BCUT2D eigenvalue weighted by Crippen LogP contribution is -2.30. The Bertz CT molecular complexity index is 362. The van der Waals surface area contributed by atoms with E-state index in [0.29, 0.717) is 13.1 Å². The molecule has 2 rings (SSSR count). The van der Waals surface area contributed by atoms with Crippen LogP contribution in [0.2, 0.25) is 0 Å². The summed E-state index contributed by atoms with van der Waals surface area (Å²) in [4.78, 5) is 16.7. The number of rotatable bonds is 0. The van der Waals surface area contributed by atoms with Crippen molar-refractivity contribution in [2.75, 3.05) is 0 Å². The number of pyridine rings is 1. The second kappa shape index (κ2) is 2.73. The Morgan fingerprint density at radius 1 is 1.54 bits per heavy atom. The summed E-state index contributed by atoms with van der Waals surface area (Å²) < 4.78 is 0. The first-order valence-corrected chi connectivity index (χ1v) is 4.15. The number of hydrogen-bond donors (Lipinski definition) is 1. The van der Waals surface area contributed by atoms with Crippen molar-refractivity contribution in [3.05, 3.63) is 29.1 Å². The summed E-state index contributed by atoms with van der Waals surface area (Å²) in [5.41, 5.74) is 8.42. The van der Waals surface area contributed by atoms with Crippen LogP contribution in [0.15, 0.2) is 12.3 Å². The van der Waals surface area contributed by atoms with Gasteiger partial charge >= 0.3 is 6.03 Å². The van der Waals surface area contributed by atoms with E-state index in [4.69, 9.17) is 5.73 Å². The minimum absolute atomic E-state index is 0.367. The predicted molar refractivity (Wildman–Crippen MR) is 47.8 cm³/mol. The van der Waals surface area contributed by atoms with Gasteiger partial charge in [-0.15, -0.1) is 0 Å². The van der Waals surface area contributed by atoms with Crippen LogP contribution >= 0.6 is 0 Å². The van der Waals surface area contributed by atoms with E-state index in [9.17, 15) is 4.79 Å². The first-order valence-electron chi connectivity index (χ1n) is 4.15. The van der Waals surface area contributed by atoms with E-state index in [-0.39, 0.29) is 6.03 Å². The molecule has 1 aliphatic rings. The second-order valence-electron chi connectivity index (χ2n) is 3.29. The number of nitrogens with two attached hydrogens (primary N) is 1. The number of primary amides is 1. The highest BCUT2D eigenvalue weighted by Gasteiger charge is 2.21. The van der Waals surface area contributed by atoms with Gasteiger partial charge in [0.2, 0.25) is 0 Å². The van der Waals surface area contributed by atoms with Gasteiger partial charge in [-0.2, -0.15) is 0 Å². The lowest BCUT2D eigenvalue weighted by molar-refractivity contribution is 0.208. The molecule has 2 amide bonds. The standard InChI is InChI=1S/C9H11N3O/c1-6-2-7-4-12(9(10)13)5-8(7)3-11-6/h2-3H,4-5H2,1H3,(H2,10,13). The molecule has 0 saturated heterocycles. The van der Waals surface area contributed by atoms with Crippen molar-refractivity contribution in [2.45, 2.75) is 20.0 Å². The van der Waals surface area contributed by atoms with Crippen LogP contribution in [0.1, 0.15) is 16.8 Å². The Hall–Kier alpha value is -1.58. The van der Waals surface area contributed by atoms with Crippen molar-refractivity contribution in [3.63, 3.8) is 0 Å². The lowest BCUT2D eigenvalue weighted by atomic mass is 10.2. The van der Waals surface area contributed by atoms with Crippen LogP contribution in [0.4, 0.5) is 4.79 Å². The molecule has 0 radical (unpaired) electrons. The smallest absolute Gasteiger partial charge is 0.315 e. The van der Waals surface area contributed by atoms with Crippen molar-refractivity contribution in [3.8, 4) is 0 Å². The Labute approximate surface area is 76.4 Å². The highest BCUT2D eigenvalue weighted by molar-refractivity contribution is 5.72. The number of carbonyl (C=O) groups is 1. The van der Waals surface area contributed by atoms with Gasteiger partial charge in [0.05, 0.1) is 0 Å². The van der Waals surface area contributed by atoms with Gasteiger partial charge in [0.25, 0.3) is 0 Å². The van der Waals surface area contributed by atoms with Crippen molar-refractivity contribution in [1.29, 1.82) is 0 Å². The lowest BCUT2D eigenvalue weighted by Gasteiger charge is -2.10. The minimum Gasteiger partial charge on any atom is -0.351 e. The number of fused-ring (bicyclic) bond motifs is 1. The number of hydrogen-bond acceptors (Lipinski definition) is 2. The van der Waals surface area contributed by atoms with E-state index in [1.54, 1.807) is 4.90 Å². The summed E-state index contributed by atoms with van der Waals surface area (Å²) >= 11 is 0. The van der Waals surface area contributed by atoms with Gasteiger partial charge in [-0.3, -0.25) is 4.98 Å². The average Bonchev–Trinajstić information content (AvgIpc) is 2.46. The summed E-state index contributed by atoms with van der Waals surface area (Å²) in [6.45, 7) is 3.15. The Morgan fingerprint density at radius 2 is 2.23 bits per heavy atom. The second-order valence-corrected chi connectivity index (χ2v) is 3.29. The zero-order valence-electron chi connectivity index (χ0n) is 7.45. The van der Waals surface area contributed by atoms with E-state index >= 15 is 0 Å². The molecule has 0 aliphatic carbocycles. The highest BCUT2D eigenvalue weighted by atomic mass is 16.2. The largest absolute Gasteiger partial charge is 0.351 e. The molecule has 4 heteroatoms. The summed E-state index contributed by atoms with van der Waals surface area (Å²) in [6, 6.07) is 1.63. The van der Waals surface area contributed by atoms with E-state index in [1.165, 1.54) is 0 Å². The maximum Gasteiger partial charge on any atom is 0.315 e. The molecule has 0 bridgehead atoms. The average molecular weight is 177 g/mol. The molecule has 0 saturated carbocycles. The zero-order valence-corrected chi connectivity index (χ0v) is 7.45. The molecule has 0 fully saturated rings. The summed E-state index contributed by atoms with van der Waals surface area (Å²) in [7, 11) is 0. The molecule has 13 heavy (non-hydrogen) atoms. The fourth-order valence-corrected chi connectivity index (χ4v) is 1.56. The third-order valence-corrected chi connectivity index (χ3v) is 2.25. The molecular weight excluding hydrogens is 166 g/mol. The highest BCUT2D eigenvalue weighted by Crippen LogP contribution is 2.21. The van der Waals surface area contributed by atoms with Gasteiger partial charge in [-0.25, -0.2) is 4.79 Å². The van der Waals surface area contributed by atoms with E-state index in [2.05, 4.69) is 4.98 Å². The Morgan fingerprint density at radius 3 is 2.92 bits per heavy atom. The molecule has 4 nitrogen and oxygen atoms in total. The number of aromatic nitrogens is 1. The molecule has 1 aromatic rings. The van der Waals surface area contributed by atoms with Gasteiger partial charge in [0.1, 0.15) is 0 Å². The van der Waals surface area contributed by atoms with Gasteiger partial charge in [-0.1, -0.05) is 0 Å². The fourth-order valence-electron chi connectivity index (χ4n) is 1.56. The van der Waals surface area contributed by atoms with Crippen LogP contribution in [-0.4, -0.2) is 15.9 Å². The van der Waals surface area contributed by atoms with Crippen molar-refractivity contribution in [2.24, 2.45) is 5.73 Å². The van der Waals surface area contributed by atoms with Crippen LogP contribution in [0.5, 0.6) is 0 Å². The van der Waals surface area contributed by atoms with Crippen molar-refractivity contribution >= 4 is 6.03 Å². The summed E-state index contributed by atoms with van der Waals surface area (Å²) in [6.07, 6.45) is 1.81. The topological polar surface area (TPSA) is 59.2 Å². The maximum absolute atomic E-state index is 10.9. The number of amides is 2. The first-order chi connectivity index (χ1) is 6.16. The molecule has 0 aromatic carbocycles. The van der Waals surface area contributed by atoms with E-state index in [0.717, 1.165) is 16.8 Å².